The molecule has 3 heteroatoms. The van der Waals surface area contributed by atoms with Gasteiger partial charge in [0.2, 0.25) is 5.91 Å². The Morgan fingerprint density at radius 2 is 1.76 bits per heavy atom. The highest BCUT2D eigenvalue weighted by Crippen LogP contribution is 2.31. The van der Waals surface area contributed by atoms with Gasteiger partial charge in [-0.15, -0.1) is 0 Å². The summed E-state index contributed by atoms with van der Waals surface area (Å²) in [6.07, 6.45) is 4.22. The monoisotopic (exact) mass is 384 g/mol. The molecule has 0 bridgehead atoms. The largest absolute Gasteiger partial charge is 0.334 e. The predicted octanol–water partition coefficient (Wildman–Crippen LogP) is 5.28. The Hall–Kier alpha value is -2.94. The van der Waals surface area contributed by atoms with Crippen LogP contribution in [-0.2, 0) is 17.6 Å². The summed E-state index contributed by atoms with van der Waals surface area (Å²) in [7, 11) is 0. The molecule has 2 heterocycles. The van der Waals surface area contributed by atoms with Gasteiger partial charge in [-0.2, -0.15) is 0 Å². The van der Waals surface area contributed by atoms with Crippen LogP contribution in [0.3, 0.4) is 0 Å². The minimum Gasteiger partial charge on any atom is -0.334 e. The smallest absolute Gasteiger partial charge is 0.223 e. The van der Waals surface area contributed by atoms with Crippen molar-refractivity contribution in [1.82, 2.24) is 9.88 Å². The fraction of sp³-hybridized carbons (Fsp3) is 0.308. The summed E-state index contributed by atoms with van der Waals surface area (Å²) in [4.78, 5) is 19.9. The van der Waals surface area contributed by atoms with Crippen LogP contribution in [0.1, 0.15) is 53.4 Å². The van der Waals surface area contributed by atoms with Crippen LogP contribution in [0.25, 0.3) is 0 Å². The van der Waals surface area contributed by atoms with E-state index in [9.17, 15) is 4.79 Å². The second-order valence-corrected chi connectivity index (χ2v) is 7.95. The van der Waals surface area contributed by atoms with Gasteiger partial charge in [0.15, 0.2) is 0 Å². The molecular formula is C26H28N2O. The third-order valence-corrected chi connectivity index (χ3v) is 5.72. The van der Waals surface area contributed by atoms with Crippen LogP contribution in [0.5, 0.6) is 0 Å². The molecule has 4 rings (SSSR count). The molecule has 1 amide bonds. The van der Waals surface area contributed by atoms with E-state index in [4.69, 9.17) is 4.98 Å². The molecule has 1 aliphatic rings. The summed E-state index contributed by atoms with van der Waals surface area (Å²) in [6.45, 7) is 2.94. The molecule has 1 saturated heterocycles. The van der Waals surface area contributed by atoms with E-state index < -0.39 is 0 Å². The van der Waals surface area contributed by atoms with Gasteiger partial charge in [0.25, 0.3) is 0 Å². The molecule has 0 spiro atoms. The normalized spacial score (nSPS) is 16.2. The van der Waals surface area contributed by atoms with Gasteiger partial charge >= 0.3 is 0 Å². The third kappa shape index (κ3) is 4.92. The van der Waals surface area contributed by atoms with Crippen molar-refractivity contribution < 1.29 is 4.79 Å². The lowest BCUT2D eigenvalue weighted by atomic mass is 10.1. The highest BCUT2D eigenvalue weighted by Gasteiger charge is 2.30. The molecule has 1 unspecified atom stereocenters. The van der Waals surface area contributed by atoms with E-state index in [0.29, 0.717) is 6.42 Å². The van der Waals surface area contributed by atoms with E-state index in [1.807, 2.05) is 23.1 Å². The number of pyridine rings is 1. The van der Waals surface area contributed by atoms with Gasteiger partial charge in [0.05, 0.1) is 11.7 Å². The van der Waals surface area contributed by atoms with E-state index in [0.717, 1.165) is 43.6 Å². The van der Waals surface area contributed by atoms with Crippen molar-refractivity contribution in [3.63, 3.8) is 0 Å². The first kappa shape index (κ1) is 19.4. The lowest BCUT2D eigenvalue weighted by Crippen LogP contribution is -2.31. The molecular weight excluding hydrogens is 356 g/mol. The number of hydrogen-bond acceptors (Lipinski definition) is 2. The Balaban J connectivity index is 1.44. The molecule has 1 fully saturated rings. The molecule has 0 saturated carbocycles. The van der Waals surface area contributed by atoms with Crippen molar-refractivity contribution in [2.45, 2.75) is 45.1 Å². The lowest BCUT2D eigenvalue weighted by Gasteiger charge is -2.25. The van der Waals surface area contributed by atoms with E-state index in [1.54, 1.807) is 0 Å². The molecule has 148 valence electrons. The number of likely N-dealkylation sites (tertiary alicyclic amines) is 1. The highest BCUT2D eigenvalue weighted by atomic mass is 16.2. The van der Waals surface area contributed by atoms with Crippen molar-refractivity contribution >= 4 is 5.91 Å². The van der Waals surface area contributed by atoms with Gasteiger partial charge in [-0.3, -0.25) is 9.78 Å². The average Bonchev–Trinajstić information content (AvgIpc) is 3.25. The standard InChI is InChI=1S/C26H28N2O/c1-20-12-14-22(15-13-20)19-23-9-5-10-24(27-23)25-11-6-18-28(25)26(29)17-16-21-7-3-2-4-8-21/h2-5,7-10,12-15,25H,6,11,16-19H2,1H3. The maximum Gasteiger partial charge on any atom is 0.223 e. The van der Waals surface area contributed by atoms with Gasteiger partial charge in [-0.1, -0.05) is 66.2 Å². The predicted molar refractivity (Wildman–Crippen MR) is 117 cm³/mol. The zero-order valence-electron chi connectivity index (χ0n) is 17.1. The van der Waals surface area contributed by atoms with E-state index in [-0.39, 0.29) is 11.9 Å². The fourth-order valence-corrected chi connectivity index (χ4v) is 4.11. The van der Waals surface area contributed by atoms with Crippen molar-refractivity contribution in [2.24, 2.45) is 0 Å². The lowest BCUT2D eigenvalue weighted by molar-refractivity contribution is -0.132. The molecule has 0 N–H and O–H groups in total. The first-order valence-electron chi connectivity index (χ1n) is 10.5. The Morgan fingerprint density at radius 3 is 2.55 bits per heavy atom. The molecule has 1 aliphatic heterocycles. The molecule has 2 aromatic carbocycles. The quantitative estimate of drug-likeness (QED) is 0.579. The number of aryl methyl sites for hydroxylation is 2. The Morgan fingerprint density at radius 1 is 0.966 bits per heavy atom. The first-order chi connectivity index (χ1) is 14.2. The number of amides is 1. The van der Waals surface area contributed by atoms with Gasteiger partial charge in [0, 0.05) is 25.1 Å². The number of nitrogens with zero attached hydrogens (tertiary/aromatic N) is 2. The summed E-state index contributed by atoms with van der Waals surface area (Å²) >= 11 is 0. The fourth-order valence-electron chi connectivity index (χ4n) is 4.11. The van der Waals surface area contributed by atoms with Crippen LogP contribution in [0, 0.1) is 6.92 Å². The molecule has 1 aromatic heterocycles. The molecule has 29 heavy (non-hydrogen) atoms. The first-order valence-corrected chi connectivity index (χ1v) is 10.5. The molecule has 3 aromatic rings. The second kappa shape index (κ2) is 9.04. The number of benzene rings is 2. The van der Waals surface area contributed by atoms with Crippen LogP contribution >= 0.6 is 0 Å². The van der Waals surface area contributed by atoms with Crippen LogP contribution < -0.4 is 0 Å². The number of rotatable bonds is 6. The SMILES string of the molecule is Cc1ccc(Cc2cccc(C3CCCN3C(=O)CCc3ccccc3)n2)cc1. The van der Waals surface area contributed by atoms with Crippen LogP contribution in [0.4, 0.5) is 0 Å². The average molecular weight is 385 g/mol. The van der Waals surface area contributed by atoms with Crippen molar-refractivity contribution in [3.8, 4) is 0 Å². The Bertz CT molecular complexity index is 950. The van der Waals surface area contributed by atoms with Crippen LogP contribution in [0.15, 0.2) is 72.8 Å². The maximum atomic E-state index is 12.9. The number of aromatic nitrogens is 1. The zero-order chi connectivity index (χ0) is 20.1. The summed E-state index contributed by atoms with van der Waals surface area (Å²) in [5.41, 5.74) is 5.85. The molecule has 3 nitrogen and oxygen atoms in total. The van der Waals surface area contributed by atoms with E-state index >= 15 is 0 Å². The third-order valence-electron chi connectivity index (χ3n) is 5.72. The van der Waals surface area contributed by atoms with Crippen LogP contribution in [0.2, 0.25) is 0 Å². The van der Waals surface area contributed by atoms with Crippen molar-refractivity contribution in [1.29, 1.82) is 0 Å². The number of carbonyl (C=O) groups excluding carboxylic acids is 1. The van der Waals surface area contributed by atoms with E-state index in [1.165, 1.54) is 16.7 Å². The van der Waals surface area contributed by atoms with Crippen LogP contribution in [-0.4, -0.2) is 22.3 Å². The van der Waals surface area contributed by atoms with E-state index in [2.05, 4.69) is 61.5 Å². The minimum absolute atomic E-state index is 0.108. The summed E-state index contributed by atoms with van der Waals surface area (Å²) < 4.78 is 0. The molecule has 0 aliphatic carbocycles. The molecule has 1 atom stereocenters. The molecule has 0 radical (unpaired) electrons. The summed E-state index contributed by atoms with van der Waals surface area (Å²) in [5, 5.41) is 0. The Kier molecular flexibility index (Phi) is 6.04. The Labute approximate surface area is 173 Å². The maximum absolute atomic E-state index is 12.9. The topological polar surface area (TPSA) is 33.2 Å². The highest BCUT2D eigenvalue weighted by molar-refractivity contribution is 5.77. The number of carbonyl (C=O) groups is 1. The van der Waals surface area contributed by atoms with Gasteiger partial charge in [0.1, 0.15) is 0 Å². The minimum atomic E-state index is 0.108. The van der Waals surface area contributed by atoms with Gasteiger partial charge in [-0.05, 0) is 49.4 Å². The van der Waals surface area contributed by atoms with Gasteiger partial charge in [-0.25, -0.2) is 0 Å². The zero-order valence-corrected chi connectivity index (χ0v) is 17.1. The summed E-state index contributed by atoms with van der Waals surface area (Å²) in [6, 6.07) is 25.2. The second-order valence-electron chi connectivity index (χ2n) is 7.95. The van der Waals surface area contributed by atoms with Crippen molar-refractivity contribution in [2.75, 3.05) is 6.54 Å². The van der Waals surface area contributed by atoms with Crippen molar-refractivity contribution in [3.05, 3.63) is 101 Å². The number of hydrogen-bond donors (Lipinski definition) is 0. The van der Waals surface area contributed by atoms with Gasteiger partial charge < -0.3 is 4.90 Å². The summed E-state index contributed by atoms with van der Waals surface area (Å²) in [5.74, 6) is 0.238.